The smallest absolute Gasteiger partial charge is 0.291 e. The number of hydrogen-bond donors (Lipinski definition) is 1. The van der Waals surface area contributed by atoms with Crippen LogP contribution in [0.25, 0.3) is 0 Å². The zero-order valence-electron chi connectivity index (χ0n) is 16.9. The lowest BCUT2D eigenvalue weighted by Gasteiger charge is -2.22. The van der Waals surface area contributed by atoms with Gasteiger partial charge in [-0.2, -0.15) is 5.10 Å². The molecule has 1 N–H and O–H groups in total. The molecule has 1 aliphatic heterocycles. The second kappa shape index (κ2) is 7.60. The van der Waals surface area contributed by atoms with Crippen LogP contribution in [0.4, 0.5) is 11.4 Å². The number of aryl methyl sites for hydroxylation is 1. The highest BCUT2D eigenvalue weighted by atomic mass is 16.3. The number of hydrogen-bond acceptors (Lipinski definition) is 4. The first-order chi connectivity index (χ1) is 15.1. The summed E-state index contributed by atoms with van der Waals surface area (Å²) in [6.07, 6.45) is 3.24. The molecule has 0 spiro atoms. The minimum Gasteiger partial charge on any atom is -0.459 e. The Bertz CT molecular complexity index is 1270. The molecule has 0 aliphatic carbocycles. The third-order valence-corrected chi connectivity index (χ3v) is 5.43. The Hall–Kier alpha value is -4.13. The Balaban J connectivity index is 1.40. The second-order valence-corrected chi connectivity index (χ2v) is 7.46. The summed E-state index contributed by atoms with van der Waals surface area (Å²) in [7, 11) is 0. The average molecular weight is 412 g/mol. The van der Waals surface area contributed by atoms with E-state index in [-0.39, 0.29) is 17.6 Å². The number of aromatic nitrogens is 2. The van der Waals surface area contributed by atoms with Crippen LogP contribution in [0.5, 0.6) is 0 Å². The maximum absolute atomic E-state index is 13.4. The quantitative estimate of drug-likeness (QED) is 0.546. The van der Waals surface area contributed by atoms with E-state index >= 15 is 0 Å². The Kier molecular flexibility index (Phi) is 4.63. The molecule has 7 heteroatoms. The molecule has 2 aromatic carbocycles. The molecule has 0 bridgehead atoms. The number of nitrogens with zero attached hydrogens (tertiary/aromatic N) is 3. The lowest BCUT2D eigenvalue weighted by atomic mass is 10.1. The van der Waals surface area contributed by atoms with Gasteiger partial charge in [0.05, 0.1) is 25.0 Å². The molecular formula is C24H20N4O3. The molecule has 2 aromatic heterocycles. The SMILES string of the molecule is Cc1ccoc1C(=O)Nc1ccc(C(=O)N2Cc3ccnn3Cc3ccccc32)cc1. The molecule has 1 aliphatic rings. The van der Waals surface area contributed by atoms with Crippen molar-refractivity contribution in [1.29, 1.82) is 0 Å². The van der Waals surface area contributed by atoms with Crippen molar-refractivity contribution in [3.05, 3.63) is 101 Å². The van der Waals surface area contributed by atoms with Gasteiger partial charge in [-0.05, 0) is 55.0 Å². The van der Waals surface area contributed by atoms with Gasteiger partial charge in [-0.3, -0.25) is 14.3 Å². The number of amides is 2. The van der Waals surface area contributed by atoms with Gasteiger partial charge in [0.2, 0.25) is 0 Å². The molecule has 31 heavy (non-hydrogen) atoms. The molecule has 2 amide bonds. The van der Waals surface area contributed by atoms with E-state index in [1.54, 1.807) is 41.4 Å². The number of anilines is 2. The largest absolute Gasteiger partial charge is 0.459 e. The molecule has 0 fully saturated rings. The van der Waals surface area contributed by atoms with Crippen LogP contribution in [0, 0.1) is 6.92 Å². The van der Waals surface area contributed by atoms with Crippen molar-refractivity contribution in [1.82, 2.24) is 9.78 Å². The van der Waals surface area contributed by atoms with Gasteiger partial charge in [0.25, 0.3) is 11.8 Å². The predicted molar refractivity (Wildman–Crippen MR) is 116 cm³/mol. The first-order valence-electron chi connectivity index (χ1n) is 9.96. The van der Waals surface area contributed by atoms with Crippen LogP contribution in [0.15, 0.2) is 77.5 Å². The number of rotatable bonds is 3. The fourth-order valence-corrected chi connectivity index (χ4v) is 3.78. The standard InChI is InChI=1S/C24H20N4O3/c1-16-11-13-31-22(16)23(29)26-19-8-6-17(7-9-19)24(30)27-15-20-10-12-25-28(20)14-18-4-2-3-5-21(18)27/h2-13H,14-15H2,1H3,(H,26,29). The number of carbonyl (C=O) groups is 2. The van der Waals surface area contributed by atoms with Crippen LogP contribution in [0.3, 0.4) is 0 Å². The number of carbonyl (C=O) groups excluding carboxylic acids is 2. The van der Waals surface area contributed by atoms with Crippen molar-refractivity contribution in [3.63, 3.8) is 0 Å². The van der Waals surface area contributed by atoms with E-state index in [1.807, 2.05) is 41.9 Å². The maximum atomic E-state index is 13.4. The normalized spacial score (nSPS) is 12.6. The molecule has 7 nitrogen and oxygen atoms in total. The lowest BCUT2D eigenvalue weighted by molar-refractivity contribution is 0.0982. The summed E-state index contributed by atoms with van der Waals surface area (Å²) < 4.78 is 7.14. The number of para-hydroxylation sites is 1. The fourth-order valence-electron chi connectivity index (χ4n) is 3.78. The van der Waals surface area contributed by atoms with Crippen molar-refractivity contribution >= 4 is 23.2 Å². The summed E-state index contributed by atoms with van der Waals surface area (Å²) in [6, 6.07) is 18.4. The number of nitrogens with one attached hydrogen (secondary N) is 1. The Labute approximate surface area is 178 Å². The van der Waals surface area contributed by atoms with Crippen molar-refractivity contribution in [2.24, 2.45) is 0 Å². The number of furan rings is 1. The van der Waals surface area contributed by atoms with E-state index in [0.29, 0.717) is 24.3 Å². The van der Waals surface area contributed by atoms with Crippen LogP contribution in [-0.4, -0.2) is 21.6 Å². The third kappa shape index (κ3) is 3.50. The Morgan fingerprint density at radius 3 is 2.58 bits per heavy atom. The van der Waals surface area contributed by atoms with Gasteiger partial charge in [0.1, 0.15) is 0 Å². The Morgan fingerprint density at radius 2 is 1.81 bits per heavy atom. The second-order valence-electron chi connectivity index (χ2n) is 7.46. The van der Waals surface area contributed by atoms with Gasteiger partial charge in [-0.15, -0.1) is 0 Å². The zero-order valence-corrected chi connectivity index (χ0v) is 16.9. The van der Waals surface area contributed by atoms with E-state index in [4.69, 9.17) is 4.42 Å². The highest BCUT2D eigenvalue weighted by Gasteiger charge is 2.25. The zero-order chi connectivity index (χ0) is 21.4. The first-order valence-corrected chi connectivity index (χ1v) is 9.96. The molecule has 0 saturated heterocycles. The van der Waals surface area contributed by atoms with Crippen molar-refractivity contribution in [3.8, 4) is 0 Å². The van der Waals surface area contributed by atoms with Gasteiger partial charge in [-0.1, -0.05) is 18.2 Å². The predicted octanol–water partition coefficient (Wildman–Crippen LogP) is 4.25. The molecule has 4 aromatic rings. The van der Waals surface area contributed by atoms with E-state index < -0.39 is 0 Å². The molecule has 3 heterocycles. The summed E-state index contributed by atoms with van der Waals surface area (Å²) in [4.78, 5) is 27.5. The summed E-state index contributed by atoms with van der Waals surface area (Å²) in [5, 5.41) is 7.18. The molecule has 0 radical (unpaired) electrons. The van der Waals surface area contributed by atoms with Gasteiger partial charge in [0.15, 0.2) is 5.76 Å². The van der Waals surface area contributed by atoms with Crippen molar-refractivity contribution < 1.29 is 14.0 Å². The summed E-state index contributed by atoms with van der Waals surface area (Å²) >= 11 is 0. The monoisotopic (exact) mass is 412 g/mol. The molecule has 5 rings (SSSR count). The Morgan fingerprint density at radius 1 is 1.00 bits per heavy atom. The summed E-state index contributed by atoms with van der Waals surface area (Å²) in [5.74, 6) is -0.156. The highest BCUT2D eigenvalue weighted by Crippen LogP contribution is 2.28. The van der Waals surface area contributed by atoms with Crippen LogP contribution < -0.4 is 10.2 Å². The van der Waals surface area contributed by atoms with E-state index in [9.17, 15) is 9.59 Å². The van der Waals surface area contributed by atoms with Crippen LogP contribution in [0.1, 0.15) is 37.7 Å². The van der Waals surface area contributed by atoms with Gasteiger partial charge >= 0.3 is 0 Å². The van der Waals surface area contributed by atoms with Gasteiger partial charge in [0, 0.05) is 28.7 Å². The van der Waals surface area contributed by atoms with E-state index in [2.05, 4.69) is 10.4 Å². The molecule has 154 valence electrons. The highest BCUT2D eigenvalue weighted by molar-refractivity contribution is 6.07. The summed E-state index contributed by atoms with van der Waals surface area (Å²) in [6.45, 7) is 2.87. The van der Waals surface area contributed by atoms with E-state index in [0.717, 1.165) is 22.5 Å². The average Bonchev–Trinajstić information content (AvgIpc) is 3.38. The fraction of sp³-hybridized carbons (Fsp3) is 0.125. The molecular weight excluding hydrogens is 392 g/mol. The van der Waals surface area contributed by atoms with E-state index in [1.165, 1.54) is 6.26 Å². The van der Waals surface area contributed by atoms with Crippen molar-refractivity contribution in [2.75, 3.05) is 10.2 Å². The van der Waals surface area contributed by atoms with Crippen LogP contribution in [0.2, 0.25) is 0 Å². The topological polar surface area (TPSA) is 80.4 Å². The van der Waals surface area contributed by atoms with Gasteiger partial charge in [-0.25, -0.2) is 0 Å². The number of benzene rings is 2. The maximum Gasteiger partial charge on any atom is 0.291 e. The van der Waals surface area contributed by atoms with Gasteiger partial charge < -0.3 is 14.6 Å². The summed E-state index contributed by atoms with van der Waals surface area (Å²) in [5.41, 5.74) is 4.78. The van der Waals surface area contributed by atoms with Crippen molar-refractivity contribution in [2.45, 2.75) is 20.0 Å². The first kappa shape index (κ1) is 18.9. The molecule has 0 saturated carbocycles. The number of fused-ring (bicyclic) bond motifs is 2. The molecule has 0 atom stereocenters. The van der Waals surface area contributed by atoms with Crippen LogP contribution in [-0.2, 0) is 13.1 Å². The third-order valence-electron chi connectivity index (χ3n) is 5.43. The van der Waals surface area contributed by atoms with Crippen LogP contribution >= 0.6 is 0 Å². The minimum absolute atomic E-state index is 0.109. The lowest BCUT2D eigenvalue weighted by Crippen LogP contribution is -2.30. The molecule has 0 unspecified atom stereocenters. The minimum atomic E-state index is -0.323.